The topological polar surface area (TPSA) is 87.2 Å². The molecule has 1 saturated heterocycles. The van der Waals surface area contributed by atoms with Crippen LogP contribution in [0.2, 0.25) is 0 Å². The van der Waals surface area contributed by atoms with Gasteiger partial charge in [-0.25, -0.2) is 8.42 Å². The number of carbonyl (C=O) groups excluding carboxylic acids is 2. The van der Waals surface area contributed by atoms with Crippen LogP contribution in [0.5, 0.6) is 0 Å². The van der Waals surface area contributed by atoms with Crippen molar-refractivity contribution in [1.82, 2.24) is 9.21 Å². The lowest BCUT2D eigenvalue weighted by atomic mass is 10.1. The number of benzene rings is 1. The zero-order valence-corrected chi connectivity index (χ0v) is 19.1. The molecule has 8 nitrogen and oxygen atoms in total. The highest BCUT2D eigenvalue weighted by molar-refractivity contribution is 7.91. The third-order valence-electron chi connectivity index (χ3n) is 5.59. The molecule has 1 fully saturated rings. The highest BCUT2D eigenvalue weighted by Gasteiger charge is 2.34. The van der Waals surface area contributed by atoms with Gasteiger partial charge in [0, 0.05) is 31.9 Å². The molecule has 166 valence electrons. The molecule has 1 aromatic carbocycles. The second-order valence-electron chi connectivity index (χ2n) is 7.73. The first kappa shape index (κ1) is 21.9. The van der Waals surface area contributed by atoms with E-state index in [0.717, 1.165) is 33.3 Å². The van der Waals surface area contributed by atoms with E-state index in [1.807, 2.05) is 31.2 Å². The maximum Gasteiger partial charge on any atom is 0.264 e. The molecule has 1 unspecified atom stereocenters. The molecule has 1 atom stereocenters. The number of hydrogen-bond donors (Lipinski definition) is 0. The molecule has 31 heavy (non-hydrogen) atoms. The molecule has 0 saturated carbocycles. The van der Waals surface area contributed by atoms with Gasteiger partial charge in [-0.15, -0.1) is 11.3 Å². The zero-order valence-electron chi connectivity index (χ0n) is 17.5. The number of amides is 2. The van der Waals surface area contributed by atoms with Crippen molar-refractivity contribution in [2.75, 3.05) is 44.8 Å². The van der Waals surface area contributed by atoms with E-state index in [9.17, 15) is 18.0 Å². The van der Waals surface area contributed by atoms with Crippen LogP contribution < -0.4 is 4.90 Å². The van der Waals surface area contributed by atoms with Crippen molar-refractivity contribution in [3.8, 4) is 0 Å². The lowest BCUT2D eigenvalue weighted by Gasteiger charge is -2.26. The van der Waals surface area contributed by atoms with Crippen LogP contribution in [0.25, 0.3) is 0 Å². The number of hydrogen-bond acceptors (Lipinski definition) is 6. The summed E-state index contributed by atoms with van der Waals surface area (Å²) in [7, 11) is -2.50. The van der Waals surface area contributed by atoms with Crippen LogP contribution in [-0.4, -0.2) is 75.4 Å². The highest BCUT2D eigenvalue weighted by Crippen LogP contribution is 2.32. The largest absolute Gasteiger partial charge is 0.378 e. The molecule has 2 aromatic rings. The number of rotatable bonds is 5. The molecule has 2 amide bonds. The van der Waals surface area contributed by atoms with Gasteiger partial charge < -0.3 is 14.5 Å². The second kappa shape index (κ2) is 8.70. The van der Waals surface area contributed by atoms with Crippen LogP contribution in [0.15, 0.2) is 40.6 Å². The fourth-order valence-electron chi connectivity index (χ4n) is 3.95. The van der Waals surface area contributed by atoms with Gasteiger partial charge in [-0.2, -0.15) is 4.31 Å². The first-order valence-electron chi connectivity index (χ1n) is 10.1. The van der Waals surface area contributed by atoms with Gasteiger partial charge in [0.1, 0.15) is 4.21 Å². The molecular weight excluding hydrogens is 438 g/mol. The van der Waals surface area contributed by atoms with Crippen molar-refractivity contribution in [3.63, 3.8) is 0 Å². The monoisotopic (exact) mass is 463 g/mol. The fraction of sp³-hybridized carbons (Fsp3) is 0.429. The van der Waals surface area contributed by atoms with Gasteiger partial charge in [0.2, 0.25) is 5.91 Å². The van der Waals surface area contributed by atoms with E-state index in [1.165, 1.54) is 19.2 Å². The number of carbonyl (C=O) groups is 2. The quantitative estimate of drug-likeness (QED) is 0.675. The summed E-state index contributed by atoms with van der Waals surface area (Å²) < 4.78 is 32.4. The number of sulfonamides is 1. The summed E-state index contributed by atoms with van der Waals surface area (Å²) in [5.41, 5.74) is 1.92. The molecule has 0 N–H and O–H groups in total. The van der Waals surface area contributed by atoms with E-state index in [1.54, 1.807) is 9.80 Å². The second-order valence-corrected chi connectivity index (χ2v) is 11.1. The van der Waals surface area contributed by atoms with Crippen molar-refractivity contribution in [1.29, 1.82) is 0 Å². The van der Waals surface area contributed by atoms with Crippen LogP contribution >= 0.6 is 11.3 Å². The fourth-order valence-corrected chi connectivity index (χ4v) is 6.55. The molecular formula is C21H25N3O5S2. The Kier molecular flexibility index (Phi) is 6.16. The molecule has 2 aliphatic rings. The summed E-state index contributed by atoms with van der Waals surface area (Å²) in [6, 6.07) is 10.6. The Morgan fingerprint density at radius 3 is 2.61 bits per heavy atom. The highest BCUT2D eigenvalue weighted by atomic mass is 32.2. The Labute approximate surface area is 186 Å². The lowest BCUT2D eigenvalue weighted by Crippen LogP contribution is -2.43. The lowest BCUT2D eigenvalue weighted by molar-refractivity contribution is -0.118. The van der Waals surface area contributed by atoms with Crippen molar-refractivity contribution in [3.05, 3.63) is 46.8 Å². The van der Waals surface area contributed by atoms with Gasteiger partial charge >= 0.3 is 0 Å². The zero-order chi connectivity index (χ0) is 22.2. The Hall–Kier alpha value is -2.27. The van der Waals surface area contributed by atoms with Gasteiger partial charge in [-0.1, -0.05) is 18.2 Å². The summed E-state index contributed by atoms with van der Waals surface area (Å²) in [5, 5.41) is 0. The number of fused-ring (bicyclic) bond motifs is 1. The average molecular weight is 464 g/mol. The molecule has 3 heterocycles. The predicted octanol–water partition coefficient (Wildman–Crippen LogP) is 1.82. The molecule has 0 aliphatic carbocycles. The molecule has 10 heteroatoms. The molecule has 4 rings (SSSR count). The van der Waals surface area contributed by atoms with Crippen molar-refractivity contribution < 1.29 is 22.7 Å². The van der Waals surface area contributed by atoms with E-state index in [0.29, 0.717) is 31.2 Å². The average Bonchev–Trinajstić information content (AvgIpc) is 3.38. The molecule has 0 spiro atoms. The summed E-state index contributed by atoms with van der Waals surface area (Å²) in [6.07, 6.45) is 0.746. The number of morpholine rings is 1. The van der Waals surface area contributed by atoms with Crippen molar-refractivity contribution in [2.24, 2.45) is 0 Å². The molecule has 0 bridgehead atoms. The Bertz CT molecular complexity index is 1090. The Balaban J connectivity index is 1.47. The summed E-state index contributed by atoms with van der Waals surface area (Å²) in [6.45, 7) is 3.61. The van der Waals surface area contributed by atoms with E-state index in [2.05, 4.69) is 0 Å². The number of anilines is 1. The van der Waals surface area contributed by atoms with Crippen LogP contribution in [-0.2, 0) is 26.0 Å². The van der Waals surface area contributed by atoms with Gasteiger partial charge in [-0.3, -0.25) is 9.59 Å². The van der Waals surface area contributed by atoms with E-state index >= 15 is 0 Å². The van der Waals surface area contributed by atoms with Gasteiger partial charge in [0.25, 0.3) is 15.9 Å². The first-order chi connectivity index (χ1) is 14.8. The molecule has 1 aromatic heterocycles. The normalized spacial score (nSPS) is 19.0. The third-order valence-corrected chi connectivity index (χ3v) is 8.93. The summed E-state index contributed by atoms with van der Waals surface area (Å²) in [4.78, 5) is 29.3. The van der Waals surface area contributed by atoms with Gasteiger partial charge in [0.05, 0.1) is 24.6 Å². The maximum absolute atomic E-state index is 13.0. The SMILES string of the molecule is CC1Cc2ccccc2N1C(=O)CN(C)S(=O)(=O)c1ccc(C(=O)N2CCOCC2)s1. The van der Waals surface area contributed by atoms with E-state index in [4.69, 9.17) is 4.74 Å². The van der Waals surface area contributed by atoms with Gasteiger partial charge in [-0.05, 0) is 37.1 Å². The maximum atomic E-state index is 13.0. The van der Waals surface area contributed by atoms with Crippen molar-refractivity contribution >= 4 is 38.9 Å². The summed E-state index contributed by atoms with van der Waals surface area (Å²) in [5.74, 6) is -0.472. The number of likely N-dealkylation sites (N-methyl/N-ethyl adjacent to an activating group) is 1. The van der Waals surface area contributed by atoms with E-state index in [-0.39, 0.29) is 28.6 Å². The number of para-hydroxylation sites is 1. The minimum atomic E-state index is -3.89. The minimum absolute atomic E-state index is 0.0273. The third kappa shape index (κ3) is 4.25. The Morgan fingerprint density at radius 2 is 1.87 bits per heavy atom. The first-order valence-corrected chi connectivity index (χ1v) is 12.4. The smallest absolute Gasteiger partial charge is 0.264 e. The predicted molar refractivity (Wildman–Crippen MR) is 118 cm³/mol. The number of thiophene rings is 1. The Morgan fingerprint density at radius 1 is 1.16 bits per heavy atom. The van der Waals surface area contributed by atoms with Crippen LogP contribution in [0, 0.1) is 0 Å². The minimum Gasteiger partial charge on any atom is -0.378 e. The van der Waals surface area contributed by atoms with Crippen LogP contribution in [0.3, 0.4) is 0 Å². The molecule has 0 radical (unpaired) electrons. The van der Waals surface area contributed by atoms with Crippen LogP contribution in [0.1, 0.15) is 22.2 Å². The van der Waals surface area contributed by atoms with E-state index < -0.39 is 10.0 Å². The number of nitrogens with zero attached hydrogens (tertiary/aromatic N) is 3. The molecule has 2 aliphatic heterocycles. The van der Waals surface area contributed by atoms with Crippen LogP contribution in [0.4, 0.5) is 5.69 Å². The number of ether oxygens (including phenoxy) is 1. The summed E-state index contributed by atoms with van der Waals surface area (Å²) >= 11 is 0.932. The standard InChI is InChI=1S/C21H25N3O5S2/c1-15-13-16-5-3-4-6-17(16)24(15)19(25)14-22(2)31(27,28)20-8-7-18(30-20)21(26)23-9-11-29-12-10-23/h3-8,15H,9-14H2,1-2H3. The van der Waals surface area contributed by atoms with Gasteiger partial charge in [0.15, 0.2) is 0 Å². The van der Waals surface area contributed by atoms with Crippen molar-refractivity contribution in [2.45, 2.75) is 23.6 Å².